The van der Waals surface area contributed by atoms with Gasteiger partial charge in [-0.2, -0.15) is 0 Å². The molecule has 3 heteroatoms. The Morgan fingerprint density at radius 3 is 2.45 bits per heavy atom. The molecule has 1 heterocycles. The molecule has 168 valence electrons. The molecular weight excluding hydrogens is 382 g/mol. The minimum atomic E-state index is 0.223. The van der Waals surface area contributed by atoms with Gasteiger partial charge in [0.15, 0.2) is 0 Å². The Kier molecular flexibility index (Phi) is 6.44. The lowest BCUT2D eigenvalue weighted by molar-refractivity contribution is -0.120. The highest BCUT2D eigenvalue weighted by Crippen LogP contribution is 2.39. The van der Waals surface area contributed by atoms with Crippen LogP contribution in [0.5, 0.6) is 5.75 Å². The van der Waals surface area contributed by atoms with Crippen LogP contribution in [0.25, 0.3) is 10.8 Å². The number of fused-ring (bicyclic) bond motifs is 1. The molecule has 3 nitrogen and oxygen atoms in total. The number of hydrogen-bond acceptors (Lipinski definition) is 3. The summed E-state index contributed by atoms with van der Waals surface area (Å²) in [4.78, 5) is 14.1. The molecule has 0 amide bonds. The van der Waals surface area contributed by atoms with Crippen LogP contribution in [0.4, 0.5) is 0 Å². The monoisotopic (exact) mass is 421 g/mol. The molecule has 0 aromatic heterocycles. The molecule has 0 N–H and O–H groups in total. The summed E-state index contributed by atoms with van der Waals surface area (Å²) in [6.45, 7) is 13.9. The SMILES string of the molecule is CC(=O)C1CCN(Cc2ccc3cc(OC4CCC(C(C)(C)C)CC4)cc(C)c3c2)C1. The first kappa shape index (κ1) is 22.3. The number of Topliss-reactive ketones (excluding diaryl/α,β-unsaturated/α-hetero) is 1. The van der Waals surface area contributed by atoms with Crippen LogP contribution >= 0.6 is 0 Å². The van der Waals surface area contributed by atoms with Gasteiger partial charge in [-0.15, -0.1) is 0 Å². The number of benzene rings is 2. The molecule has 1 unspecified atom stereocenters. The molecule has 2 aromatic rings. The molecule has 0 spiro atoms. The summed E-state index contributed by atoms with van der Waals surface area (Å²) >= 11 is 0. The van der Waals surface area contributed by atoms with E-state index in [9.17, 15) is 4.79 Å². The average Bonchev–Trinajstić information content (AvgIpc) is 3.17. The molecule has 31 heavy (non-hydrogen) atoms. The predicted octanol–water partition coefficient (Wildman–Crippen LogP) is 6.54. The van der Waals surface area contributed by atoms with Crippen molar-refractivity contribution in [2.45, 2.75) is 79.4 Å². The largest absolute Gasteiger partial charge is 0.490 e. The van der Waals surface area contributed by atoms with Crippen LogP contribution < -0.4 is 4.74 Å². The molecule has 0 radical (unpaired) electrons. The molecular formula is C28H39NO2. The van der Waals surface area contributed by atoms with Gasteiger partial charge in [0.05, 0.1) is 6.10 Å². The standard InChI is InChI=1S/C28H39NO2/c1-19-14-26(31-25-10-8-24(9-11-25)28(3,4)5)16-22-7-6-21(15-27(19)22)17-29-13-12-23(18-29)20(2)30/h6-7,14-16,23-25H,8-13,17-18H2,1-5H3. The summed E-state index contributed by atoms with van der Waals surface area (Å²) in [5, 5.41) is 2.56. The Morgan fingerprint density at radius 1 is 1.06 bits per heavy atom. The lowest BCUT2D eigenvalue weighted by Gasteiger charge is -2.37. The maximum absolute atomic E-state index is 11.7. The first-order valence-electron chi connectivity index (χ1n) is 12.1. The molecule has 1 saturated carbocycles. The molecule has 2 fully saturated rings. The van der Waals surface area contributed by atoms with Gasteiger partial charge in [0.2, 0.25) is 0 Å². The van der Waals surface area contributed by atoms with Crippen molar-refractivity contribution in [1.29, 1.82) is 0 Å². The maximum Gasteiger partial charge on any atom is 0.134 e. The number of likely N-dealkylation sites (tertiary alicyclic amines) is 1. The summed E-state index contributed by atoms with van der Waals surface area (Å²) in [6, 6.07) is 11.2. The van der Waals surface area contributed by atoms with Crippen LogP contribution in [0.2, 0.25) is 0 Å². The van der Waals surface area contributed by atoms with Gasteiger partial charge < -0.3 is 4.74 Å². The van der Waals surface area contributed by atoms with Crippen LogP contribution in [-0.4, -0.2) is 29.9 Å². The van der Waals surface area contributed by atoms with E-state index in [0.29, 0.717) is 17.3 Å². The van der Waals surface area contributed by atoms with Crippen LogP contribution in [0, 0.1) is 24.2 Å². The van der Waals surface area contributed by atoms with Gasteiger partial charge in [-0.25, -0.2) is 0 Å². The van der Waals surface area contributed by atoms with Gasteiger partial charge in [-0.3, -0.25) is 9.69 Å². The third-order valence-corrected chi connectivity index (χ3v) is 7.65. The maximum atomic E-state index is 11.7. The molecule has 0 bridgehead atoms. The van der Waals surface area contributed by atoms with Crippen LogP contribution in [0.1, 0.15) is 70.9 Å². The average molecular weight is 422 g/mol. The summed E-state index contributed by atoms with van der Waals surface area (Å²) in [5.74, 6) is 2.38. The normalized spacial score (nSPS) is 25.1. The number of nitrogens with zero attached hydrogens (tertiary/aromatic N) is 1. The van der Waals surface area contributed by atoms with Crippen LogP contribution in [0.3, 0.4) is 0 Å². The highest BCUT2D eigenvalue weighted by atomic mass is 16.5. The van der Waals surface area contributed by atoms with E-state index >= 15 is 0 Å². The molecule has 1 aliphatic carbocycles. The minimum Gasteiger partial charge on any atom is -0.490 e. The van der Waals surface area contributed by atoms with Crippen molar-refractivity contribution in [2.24, 2.45) is 17.3 Å². The molecule has 2 aromatic carbocycles. The Hall–Kier alpha value is -1.87. The number of aryl methyl sites for hydroxylation is 1. The minimum absolute atomic E-state index is 0.223. The Morgan fingerprint density at radius 2 is 1.81 bits per heavy atom. The topological polar surface area (TPSA) is 29.5 Å². The van der Waals surface area contributed by atoms with E-state index in [1.807, 2.05) is 0 Å². The van der Waals surface area contributed by atoms with E-state index in [4.69, 9.17) is 4.74 Å². The van der Waals surface area contributed by atoms with Crippen molar-refractivity contribution in [3.8, 4) is 5.75 Å². The third-order valence-electron chi connectivity index (χ3n) is 7.65. The van der Waals surface area contributed by atoms with Gasteiger partial charge >= 0.3 is 0 Å². The fourth-order valence-electron chi connectivity index (χ4n) is 5.53. The van der Waals surface area contributed by atoms with Crippen molar-refractivity contribution >= 4 is 16.6 Å². The van der Waals surface area contributed by atoms with Gasteiger partial charge in [0.25, 0.3) is 0 Å². The second kappa shape index (κ2) is 8.94. The number of carbonyl (C=O) groups is 1. The highest BCUT2D eigenvalue weighted by molar-refractivity contribution is 5.87. The highest BCUT2D eigenvalue weighted by Gasteiger charge is 2.30. The Bertz CT molecular complexity index is 934. The third kappa shape index (κ3) is 5.31. The molecule has 1 aliphatic heterocycles. The summed E-state index contributed by atoms with van der Waals surface area (Å²) in [6.07, 6.45) is 6.21. The lowest BCUT2D eigenvalue weighted by Crippen LogP contribution is -2.30. The van der Waals surface area contributed by atoms with E-state index in [2.05, 4.69) is 62.9 Å². The summed E-state index contributed by atoms with van der Waals surface area (Å²) in [5.41, 5.74) is 3.01. The first-order chi connectivity index (χ1) is 14.7. The summed E-state index contributed by atoms with van der Waals surface area (Å²) in [7, 11) is 0. The van der Waals surface area contributed by atoms with Crippen molar-refractivity contribution in [1.82, 2.24) is 4.90 Å². The van der Waals surface area contributed by atoms with Crippen LogP contribution in [-0.2, 0) is 11.3 Å². The van der Waals surface area contributed by atoms with Gasteiger partial charge in [-0.1, -0.05) is 32.9 Å². The smallest absolute Gasteiger partial charge is 0.134 e. The summed E-state index contributed by atoms with van der Waals surface area (Å²) < 4.78 is 6.44. The van der Waals surface area contributed by atoms with E-state index < -0.39 is 0 Å². The van der Waals surface area contributed by atoms with Crippen molar-refractivity contribution in [2.75, 3.05) is 13.1 Å². The number of hydrogen-bond donors (Lipinski definition) is 0. The molecule has 1 atom stereocenters. The zero-order valence-corrected chi connectivity index (χ0v) is 20.0. The lowest BCUT2D eigenvalue weighted by atomic mass is 9.72. The van der Waals surface area contributed by atoms with Crippen molar-refractivity contribution < 1.29 is 9.53 Å². The Balaban J connectivity index is 1.41. The van der Waals surface area contributed by atoms with E-state index in [-0.39, 0.29) is 5.92 Å². The van der Waals surface area contributed by atoms with Gasteiger partial charge in [-0.05, 0) is 104 Å². The fourth-order valence-corrected chi connectivity index (χ4v) is 5.53. The van der Waals surface area contributed by atoms with Crippen molar-refractivity contribution in [3.05, 3.63) is 41.5 Å². The molecule has 1 saturated heterocycles. The molecule has 2 aliphatic rings. The van der Waals surface area contributed by atoms with E-state index in [1.54, 1.807) is 6.92 Å². The van der Waals surface area contributed by atoms with Gasteiger partial charge in [0, 0.05) is 19.0 Å². The van der Waals surface area contributed by atoms with Crippen molar-refractivity contribution in [3.63, 3.8) is 0 Å². The molecule has 4 rings (SSSR count). The zero-order chi connectivity index (χ0) is 22.2. The Labute approximate surface area is 188 Å². The number of rotatable bonds is 5. The fraction of sp³-hybridized carbons (Fsp3) is 0.607. The second-order valence-corrected chi connectivity index (χ2v) is 11.1. The predicted molar refractivity (Wildman–Crippen MR) is 129 cm³/mol. The van der Waals surface area contributed by atoms with E-state index in [1.165, 1.54) is 34.7 Å². The number of ketones is 1. The number of ether oxygens (including phenoxy) is 1. The van der Waals surface area contributed by atoms with Crippen LogP contribution in [0.15, 0.2) is 30.3 Å². The number of carbonyl (C=O) groups excluding carboxylic acids is 1. The quantitative estimate of drug-likeness (QED) is 0.549. The van der Waals surface area contributed by atoms with Gasteiger partial charge in [0.1, 0.15) is 11.5 Å². The van der Waals surface area contributed by atoms with E-state index in [0.717, 1.165) is 50.6 Å². The second-order valence-electron chi connectivity index (χ2n) is 11.1. The zero-order valence-electron chi connectivity index (χ0n) is 20.0. The first-order valence-corrected chi connectivity index (χ1v) is 12.1.